The fourth-order valence-electron chi connectivity index (χ4n) is 3.12. The second-order valence-electron chi connectivity index (χ2n) is 6.63. The molecule has 2 atom stereocenters. The maximum absolute atomic E-state index is 12.2. The molecule has 0 aliphatic carbocycles. The number of nitrogens with zero attached hydrogens (tertiary/aromatic N) is 2. The van der Waals surface area contributed by atoms with Crippen molar-refractivity contribution < 1.29 is 4.79 Å². The van der Waals surface area contributed by atoms with E-state index in [-0.39, 0.29) is 5.91 Å². The van der Waals surface area contributed by atoms with Crippen molar-refractivity contribution in [3.05, 3.63) is 35.9 Å². The summed E-state index contributed by atoms with van der Waals surface area (Å²) >= 11 is 0. The standard InChI is InChI=1S/C18H29N3O/c1-14(2)20(12-16-8-5-4-6-9-16)13-17-10-7-11-21(17)18(22)15(3)19/h4-6,8-9,14-15,17H,7,10-13,19H2,1-3H3/t15-,17?/m0/s1. The highest BCUT2D eigenvalue weighted by molar-refractivity contribution is 5.81. The zero-order valence-corrected chi connectivity index (χ0v) is 14.0. The third-order valence-electron chi connectivity index (χ3n) is 4.45. The summed E-state index contributed by atoms with van der Waals surface area (Å²) in [7, 11) is 0. The summed E-state index contributed by atoms with van der Waals surface area (Å²) in [5.74, 6) is 0.0888. The number of hydrogen-bond donors (Lipinski definition) is 1. The molecule has 1 aliphatic heterocycles. The minimum atomic E-state index is -0.401. The first kappa shape index (κ1) is 17.0. The number of benzene rings is 1. The van der Waals surface area contributed by atoms with Gasteiger partial charge in [0.2, 0.25) is 5.91 Å². The first-order chi connectivity index (χ1) is 10.5. The van der Waals surface area contributed by atoms with E-state index >= 15 is 0 Å². The van der Waals surface area contributed by atoms with E-state index in [4.69, 9.17) is 5.73 Å². The molecule has 4 nitrogen and oxygen atoms in total. The van der Waals surface area contributed by atoms with Crippen LogP contribution in [0.3, 0.4) is 0 Å². The van der Waals surface area contributed by atoms with Gasteiger partial charge in [-0.2, -0.15) is 0 Å². The highest BCUT2D eigenvalue weighted by Gasteiger charge is 2.31. The lowest BCUT2D eigenvalue weighted by Gasteiger charge is -2.34. The van der Waals surface area contributed by atoms with Crippen LogP contribution in [0.25, 0.3) is 0 Å². The van der Waals surface area contributed by atoms with Gasteiger partial charge in [0.25, 0.3) is 0 Å². The predicted octanol–water partition coefficient (Wildman–Crippen LogP) is 2.24. The lowest BCUT2D eigenvalue weighted by molar-refractivity contribution is -0.133. The average Bonchev–Trinajstić information content (AvgIpc) is 2.94. The quantitative estimate of drug-likeness (QED) is 0.877. The predicted molar refractivity (Wildman–Crippen MR) is 90.4 cm³/mol. The van der Waals surface area contributed by atoms with Gasteiger partial charge in [-0.3, -0.25) is 9.69 Å². The third kappa shape index (κ3) is 4.31. The molecule has 1 aromatic rings. The van der Waals surface area contributed by atoms with Crippen LogP contribution in [0.4, 0.5) is 0 Å². The zero-order valence-electron chi connectivity index (χ0n) is 14.0. The fraction of sp³-hybridized carbons (Fsp3) is 0.611. The second-order valence-corrected chi connectivity index (χ2v) is 6.63. The van der Waals surface area contributed by atoms with Crippen LogP contribution < -0.4 is 5.73 Å². The molecule has 0 radical (unpaired) electrons. The summed E-state index contributed by atoms with van der Waals surface area (Å²) in [6.45, 7) is 8.91. The van der Waals surface area contributed by atoms with Gasteiger partial charge >= 0.3 is 0 Å². The van der Waals surface area contributed by atoms with Crippen molar-refractivity contribution in [2.75, 3.05) is 13.1 Å². The summed E-state index contributed by atoms with van der Waals surface area (Å²) in [4.78, 5) is 16.7. The van der Waals surface area contributed by atoms with Gasteiger partial charge in [0.15, 0.2) is 0 Å². The summed E-state index contributed by atoms with van der Waals surface area (Å²) in [6, 6.07) is 10.9. The lowest BCUT2D eigenvalue weighted by Crippen LogP contribution is -2.49. The molecule has 1 fully saturated rings. The number of amides is 1. The molecule has 1 saturated heterocycles. The molecule has 0 bridgehead atoms. The van der Waals surface area contributed by atoms with Crippen molar-refractivity contribution in [1.29, 1.82) is 0 Å². The van der Waals surface area contributed by atoms with E-state index in [2.05, 4.69) is 43.0 Å². The molecule has 22 heavy (non-hydrogen) atoms. The van der Waals surface area contributed by atoms with Crippen molar-refractivity contribution in [1.82, 2.24) is 9.80 Å². The number of hydrogen-bond acceptors (Lipinski definition) is 3. The van der Waals surface area contributed by atoms with E-state index < -0.39 is 6.04 Å². The Morgan fingerprint density at radius 3 is 2.59 bits per heavy atom. The van der Waals surface area contributed by atoms with Crippen molar-refractivity contribution >= 4 is 5.91 Å². The van der Waals surface area contributed by atoms with Gasteiger partial charge in [-0.25, -0.2) is 0 Å². The van der Waals surface area contributed by atoms with E-state index in [9.17, 15) is 4.79 Å². The molecule has 1 amide bonds. The van der Waals surface area contributed by atoms with Crippen LogP contribution in [0, 0.1) is 0 Å². The molecular formula is C18H29N3O. The number of carbonyl (C=O) groups is 1. The van der Waals surface area contributed by atoms with Gasteiger partial charge < -0.3 is 10.6 Å². The number of carbonyl (C=O) groups excluding carboxylic acids is 1. The van der Waals surface area contributed by atoms with Crippen molar-refractivity contribution in [2.24, 2.45) is 5.73 Å². The molecule has 1 heterocycles. The van der Waals surface area contributed by atoms with Gasteiger partial charge in [-0.05, 0) is 39.2 Å². The fourth-order valence-corrected chi connectivity index (χ4v) is 3.12. The van der Waals surface area contributed by atoms with Gasteiger partial charge in [0.05, 0.1) is 6.04 Å². The van der Waals surface area contributed by atoms with Crippen LogP contribution in [-0.2, 0) is 11.3 Å². The molecule has 122 valence electrons. The SMILES string of the molecule is CC(C)N(Cc1ccccc1)CC1CCCN1C(=O)[C@H](C)N. The monoisotopic (exact) mass is 303 g/mol. The largest absolute Gasteiger partial charge is 0.337 e. The summed E-state index contributed by atoms with van der Waals surface area (Å²) in [5.41, 5.74) is 7.11. The number of rotatable bonds is 6. The number of nitrogens with two attached hydrogens (primary N) is 1. The summed E-state index contributed by atoms with van der Waals surface area (Å²) in [5, 5.41) is 0. The van der Waals surface area contributed by atoms with E-state index in [1.165, 1.54) is 5.56 Å². The molecule has 1 aliphatic rings. The molecule has 0 spiro atoms. The second kappa shape index (κ2) is 7.75. The Balaban J connectivity index is 2.02. The Hall–Kier alpha value is -1.39. The van der Waals surface area contributed by atoms with Crippen LogP contribution in [0.15, 0.2) is 30.3 Å². The molecule has 0 aromatic heterocycles. The normalized spacial score (nSPS) is 19.9. The van der Waals surface area contributed by atoms with E-state index in [1.807, 2.05) is 11.0 Å². The zero-order chi connectivity index (χ0) is 16.1. The van der Waals surface area contributed by atoms with E-state index in [0.717, 1.165) is 32.5 Å². The highest BCUT2D eigenvalue weighted by atomic mass is 16.2. The third-order valence-corrected chi connectivity index (χ3v) is 4.45. The Morgan fingerprint density at radius 1 is 1.32 bits per heavy atom. The minimum absolute atomic E-state index is 0.0888. The van der Waals surface area contributed by atoms with Crippen LogP contribution in [-0.4, -0.2) is 46.9 Å². The minimum Gasteiger partial charge on any atom is -0.337 e. The molecule has 0 saturated carbocycles. The molecule has 2 rings (SSSR count). The van der Waals surface area contributed by atoms with Gasteiger partial charge in [0.1, 0.15) is 0 Å². The number of likely N-dealkylation sites (tertiary alicyclic amines) is 1. The van der Waals surface area contributed by atoms with Crippen LogP contribution in [0.2, 0.25) is 0 Å². The van der Waals surface area contributed by atoms with Gasteiger partial charge in [-0.15, -0.1) is 0 Å². The molecule has 2 N–H and O–H groups in total. The van der Waals surface area contributed by atoms with Crippen LogP contribution >= 0.6 is 0 Å². The van der Waals surface area contributed by atoms with E-state index in [0.29, 0.717) is 12.1 Å². The van der Waals surface area contributed by atoms with Crippen molar-refractivity contribution in [2.45, 2.75) is 58.3 Å². The topological polar surface area (TPSA) is 49.6 Å². The Bertz CT molecular complexity index is 472. The first-order valence-corrected chi connectivity index (χ1v) is 8.33. The molecule has 1 aromatic carbocycles. The van der Waals surface area contributed by atoms with Gasteiger partial charge in [-0.1, -0.05) is 30.3 Å². The van der Waals surface area contributed by atoms with Crippen molar-refractivity contribution in [3.8, 4) is 0 Å². The highest BCUT2D eigenvalue weighted by Crippen LogP contribution is 2.21. The Morgan fingerprint density at radius 2 is 2.00 bits per heavy atom. The van der Waals surface area contributed by atoms with Gasteiger partial charge in [0, 0.05) is 31.7 Å². The maximum Gasteiger partial charge on any atom is 0.239 e. The first-order valence-electron chi connectivity index (χ1n) is 8.33. The van der Waals surface area contributed by atoms with E-state index in [1.54, 1.807) is 6.92 Å². The molecular weight excluding hydrogens is 274 g/mol. The Labute approximate surface area is 134 Å². The average molecular weight is 303 g/mol. The maximum atomic E-state index is 12.2. The molecule has 4 heteroatoms. The summed E-state index contributed by atoms with van der Waals surface area (Å²) in [6.07, 6.45) is 2.16. The lowest BCUT2D eigenvalue weighted by atomic mass is 10.1. The summed E-state index contributed by atoms with van der Waals surface area (Å²) < 4.78 is 0. The molecule has 1 unspecified atom stereocenters. The van der Waals surface area contributed by atoms with Crippen LogP contribution in [0.1, 0.15) is 39.2 Å². The smallest absolute Gasteiger partial charge is 0.239 e. The Kier molecular flexibility index (Phi) is 5.98. The van der Waals surface area contributed by atoms with Crippen molar-refractivity contribution in [3.63, 3.8) is 0 Å². The van der Waals surface area contributed by atoms with Crippen LogP contribution in [0.5, 0.6) is 0 Å².